The van der Waals surface area contributed by atoms with E-state index in [0.29, 0.717) is 67.0 Å². The first kappa shape index (κ1) is 24.3. The summed E-state index contributed by atoms with van der Waals surface area (Å²) in [7, 11) is 1.56. The molecule has 10 heteroatoms. The van der Waals surface area contributed by atoms with Crippen molar-refractivity contribution < 1.29 is 9.53 Å². The number of amides is 1. The van der Waals surface area contributed by atoms with Gasteiger partial charge in [-0.1, -0.05) is 6.07 Å². The van der Waals surface area contributed by atoms with Crippen molar-refractivity contribution in [2.75, 3.05) is 25.5 Å². The minimum Gasteiger partial charge on any atom is -0.493 e. The first-order valence-corrected chi connectivity index (χ1v) is 12.5. The molecule has 1 aromatic carbocycles. The van der Waals surface area contributed by atoms with Crippen molar-refractivity contribution >= 4 is 17.5 Å². The van der Waals surface area contributed by atoms with Crippen LogP contribution in [0.25, 0.3) is 11.3 Å². The fraction of sp³-hybridized carbons (Fsp3) is 0.407. The molecule has 2 aromatic heterocycles. The van der Waals surface area contributed by atoms with Gasteiger partial charge in [0.1, 0.15) is 5.69 Å². The monoisotopic (exact) mass is 496 g/mol. The summed E-state index contributed by atoms with van der Waals surface area (Å²) in [6.45, 7) is 1.72. The van der Waals surface area contributed by atoms with Crippen LogP contribution < -0.4 is 10.1 Å². The number of piperidine rings is 1. The van der Waals surface area contributed by atoms with Crippen LogP contribution in [0.4, 0.5) is 11.6 Å². The summed E-state index contributed by atoms with van der Waals surface area (Å²) in [6, 6.07) is 11.9. The zero-order valence-electron chi connectivity index (χ0n) is 20.7. The molecule has 1 saturated carbocycles. The Bertz CT molecular complexity index is 1360. The number of hydrogen-bond donors (Lipinski definition) is 1. The molecule has 2 fully saturated rings. The van der Waals surface area contributed by atoms with E-state index >= 15 is 0 Å². The number of anilines is 2. The normalized spacial score (nSPS) is 16.5. The lowest BCUT2D eigenvalue weighted by atomic mass is 9.98. The number of hydrogen-bond acceptors (Lipinski definition) is 8. The molecule has 1 unspecified atom stereocenters. The molecule has 3 heterocycles. The Kier molecular flexibility index (Phi) is 7.00. The molecule has 1 amide bonds. The second-order valence-corrected chi connectivity index (χ2v) is 9.54. The molecule has 0 radical (unpaired) electrons. The third-order valence-corrected chi connectivity index (χ3v) is 6.95. The number of nitrogens with zero attached hydrogens (tertiary/aromatic N) is 7. The Balaban J connectivity index is 1.31. The topological polar surface area (TPSA) is 133 Å². The predicted molar refractivity (Wildman–Crippen MR) is 136 cm³/mol. The highest BCUT2D eigenvalue weighted by Gasteiger charge is 2.31. The van der Waals surface area contributed by atoms with Crippen molar-refractivity contribution in [1.29, 1.82) is 10.5 Å². The van der Waals surface area contributed by atoms with Crippen LogP contribution in [0.5, 0.6) is 5.75 Å². The summed E-state index contributed by atoms with van der Waals surface area (Å²) in [4.78, 5) is 23.8. The molecule has 1 saturated heterocycles. The number of ether oxygens (including phenoxy) is 1. The van der Waals surface area contributed by atoms with Gasteiger partial charge in [0.25, 0.3) is 5.91 Å². The smallest absolute Gasteiger partial charge is 0.253 e. The molecule has 1 atom stereocenters. The van der Waals surface area contributed by atoms with E-state index in [0.717, 1.165) is 18.4 Å². The Morgan fingerprint density at radius 1 is 1.22 bits per heavy atom. The zero-order chi connectivity index (χ0) is 25.8. The van der Waals surface area contributed by atoms with Gasteiger partial charge in [0.05, 0.1) is 44.1 Å². The van der Waals surface area contributed by atoms with Crippen molar-refractivity contribution in [3.05, 3.63) is 48.4 Å². The Labute approximate surface area is 215 Å². The molecule has 1 aliphatic heterocycles. The highest BCUT2D eigenvalue weighted by atomic mass is 16.5. The van der Waals surface area contributed by atoms with Gasteiger partial charge in [0.2, 0.25) is 5.95 Å². The summed E-state index contributed by atoms with van der Waals surface area (Å²) < 4.78 is 7.27. The standard InChI is InChI=1S/C27H28N8O2/c1-37-24-15-30-27(33-25(24)22-14-31-35(17-22)16-21(13-29)19-5-6-19)32-23-4-2-3-20(11-23)26(36)34-9-7-18(12-28)8-10-34/h2-4,11,14-15,17-19,21H,5-10,16H2,1H3,(H,30,32,33). The van der Waals surface area contributed by atoms with Crippen LogP contribution in [0.3, 0.4) is 0 Å². The van der Waals surface area contributed by atoms with Crippen LogP contribution in [0, 0.1) is 40.4 Å². The van der Waals surface area contributed by atoms with E-state index in [9.17, 15) is 10.1 Å². The Morgan fingerprint density at radius 3 is 2.73 bits per heavy atom. The number of carbonyl (C=O) groups is 1. The molecule has 0 spiro atoms. The number of likely N-dealkylation sites (tertiary alicyclic amines) is 1. The van der Waals surface area contributed by atoms with Gasteiger partial charge in [-0.25, -0.2) is 9.97 Å². The molecular weight excluding hydrogens is 468 g/mol. The van der Waals surface area contributed by atoms with Crippen molar-refractivity contribution in [3.8, 4) is 29.1 Å². The lowest BCUT2D eigenvalue weighted by Crippen LogP contribution is -2.38. The van der Waals surface area contributed by atoms with Gasteiger partial charge in [-0.2, -0.15) is 15.6 Å². The van der Waals surface area contributed by atoms with Crippen molar-refractivity contribution in [2.45, 2.75) is 32.2 Å². The van der Waals surface area contributed by atoms with E-state index < -0.39 is 0 Å². The van der Waals surface area contributed by atoms with Gasteiger partial charge >= 0.3 is 0 Å². The molecule has 2 aliphatic rings. The summed E-state index contributed by atoms with van der Waals surface area (Å²) in [5.74, 6) is 1.27. The van der Waals surface area contributed by atoms with Gasteiger partial charge in [0.15, 0.2) is 5.75 Å². The SMILES string of the molecule is COc1cnc(Nc2cccc(C(=O)N3CCC(C#N)CC3)c2)nc1-c1cnn(CC(C#N)C2CC2)c1. The van der Waals surface area contributed by atoms with Gasteiger partial charge in [-0.05, 0) is 49.8 Å². The maximum atomic E-state index is 13.0. The highest BCUT2D eigenvalue weighted by molar-refractivity contribution is 5.95. The van der Waals surface area contributed by atoms with Crippen molar-refractivity contribution in [3.63, 3.8) is 0 Å². The van der Waals surface area contributed by atoms with Gasteiger partial charge in [0, 0.05) is 42.0 Å². The maximum absolute atomic E-state index is 13.0. The van der Waals surface area contributed by atoms with Crippen molar-refractivity contribution in [1.82, 2.24) is 24.6 Å². The van der Waals surface area contributed by atoms with Gasteiger partial charge in [-0.15, -0.1) is 0 Å². The number of benzene rings is 1. The number of methoxy groups -OCH3 is 1. The lowest BCUT2D eigenvalue weighted by Gasteiger charge is -2.29. The fourth-order valence-corrected chi connectivity index (χ4v) is 4.62. The molecule has 188 valence electrons. The first-order chi connectivity index (χ1) is 18.1. The number of nitrogens with one attached hydrogen (secondary N) is 1. The number of rotatable bonds is 8. The number of nitriles is 2. The molecule has 3 aromatic rings. The summed E-state index contributed by atoms with van der Waals surface area (Å²) in [5, 5.41) is 26.2. The third kappa shape index (κ3) is 5.54. The van der Waals surface area contributed by atoms with E-state index in [1.807, 2.05) is 18.3 Å². The number of aromatic nitrogens is 4. The average Bonchev–Trinajstić information content (AvgIpc) is 3.68. The number of carbonyl (C=O) groups excluding carboxylic acids is 1. The average molecular weight is 497 g/mol. The highest BCUT2D eigenvalue weighted by Crippen LogP contribution is 2.37. The van der Waals surface area contributed by atoms with Crippen LogP contribution >= 0.6 is 0 Å². The summed E-state index contributed by atoms with van der Waals surface area (Å²) in [5.41, 5.74) is 2.60. The van der Waals surface area contributed by atoms with Crippen molar-refractivity contribution in [2.24, 2.45) is 17.8 Å². The van der Waals surface area contributed by atoms with E-state index in [4.69, 9.17) is 10.00 Å². The Morgan fingerprint density at radius 2 is 2.03 bits per heavy atom. The van der Waals surface area contributed by atoms with E-state index in [1.165, 1.54) is 0 Å². The van der Waals surface area contributed by atoms with Crippen LogP contribution in [-0.2, 0) is 6.54 Å². The van der Waals surface area contributed by atoms with Crippen LogP contribution in [0.2, 0.25) is 0 Å². The van der Waals surface area contributed by atoms with E-state index in [1.54, 1.807) is 41.2 Å². The largest absolute Gasteiger partial charge is 0.493 e. The molecule has 5 rings (SSSR count). The second-order valence-electron chi connectivity index (χ2n) is 9.54. The minimum absolute atomic E-state index is 0.0246. The quantitative estimate of drug-likeness (QED) is 0.494. The van der Waals surface area contributed by atoms with E-state index in [-0.39, 0.29) is 17.7 Å². The lowest BCUT2D eigenvalue weighted by molar-refractivity contribution is 0.0707. The fourth-order valence-electron chi connectivity index (χ4n) is 4.62. The second kappa shape index (κ2) is 10.7. The first-order valence-electron chi connectivity index (χ1n) is 12.5. The van der Waals surface area contributed by atoms with E-state index in [2.05, 4.69) is 32.5 Å². The molecule has 10 nitrogen and oxygen atoms in total. The molecular formula is C27H28N8O2. The van der Waals surface area contributed by atoms with Crippen LogP contribution in [0.15, 0.2) is 42.9 Å². The summed E-state index contributed by atoms with van der Waals surface area (Å²) >= 11 is 0. The third-order valence-electron chi connectivity index (χ3n) is 6.95. The predicted octanol–water partition coefficient (Wildman–Crippen LogP) is 4.02. The van der Waals surface area contributed by atoms with Gasteiger partial charge in [-0.3, -0.25) is 9.48 Å². The minimum atomic E-state index is -0.0503. The molecule has 37 heavy (non-hydrogen) atoms. The molecule has 1 aliphatic carbocycles. The molecule has 0 bridgehead atoms. The van der Waals surface area contributed by atoms with Gasteiger partial charge < -0.3 is 15.0 Å². The zero-order valence-corrected chi connectivity index (χ0v) is 20.7. The van der Waals surface area contributed by atoms with Crippen LogP contribution in [0.1, 0.15) is 36.0 Å². The Hall–Kier alpha value is -4.44. The summed E-state index contributed by atoms with van der Waals surface area (Å²) in [6.07, 6.45) is 8.80. The molecule has 1 N–H and O–H groups in total. The van der Waals surface area contributed by atoms with Crippen LogP contribution in [-0.4, -0.2) is 50.8 Å². The maximum Gasteiger partial charge on any atom is 0.253 e.